The SMILES string of the molecule is Cc1c(CC(=O)O)c(=O)oc2c(C)c(OCc3ccc(Cl)c(Cl)c3)ccc12. The molecule has 0 aliphatic rings. The lowest BCUT2D eigenvalue weighted by atomic mass is 10.0. The highest BCUT2D eigenvalue weighted by Gasteiger charge is 2.17. The van der Waals surface area contributed by atoms with Crippen molar-refractivity contribution in [2.75, 3.05) is 0 Å². The molecule has 1 heterocycles. The van der Waals surface area contributed by atoms with Gasteiger partial charge in [-0.25, -0.2) is 4.79 Å². The average molecular weight is 407 g/mol. The van der Waals surface area contributed by atoms with Crippen molar-refractivity contribution in [2.45, 2.75) is 26.9 Å². The number of carboxylic acid groups (broad SMARTS) is 1. The molecule has 0 aliphatic heterocycles. The monoisotopic (exact) mass is 406 g/mol. The Kier molecular flexibility index (Phi) is 5.44. The first kappa shape index (κ1) is 19.3. The van der Waals surface area contributed by atoms with Crippen LogP contribution < -0.4 is 10.4 Å². The van der Waals surface area contributed by atoms with Gasteiger partial charge in [0.05, 0.1) is 22.0 Å². The highest BCUT2D eigenvalue weighted by Crippen LogP contribution is 2.30. The molecule has 140 valence electrons. The van der Waals surface area contributed by atoms with Crippen molar-refractivity contribution < 1.29 is 19.1 Å². The number of fused-ring (bicyclic) bond motifs is 1. The highest BCUT2D eigenvalue weighted by atomic mass is 35.5. The number of halogens is 2. The number of benzene rings is 2. The molecule has 0 saturated carbocycles. The number of ether oxygens (including phenoxy) is 1. The molecule has 3 aromatic rings. The summed E-state index contributed by atoms with van der Waals surface area (Å²) in [5.41, 5.74) is 2.00. The first-order valence-electron chi connectivity index (χ1n) is 8.12. The van der Waals surface area contributed by atoms with Gasteiger partial charge < -0.3 is 14.3 Å². The summed E-state index contributed by atoms with van der Waals surface area (Å²) in [6.07, 6.45) is -0.376. The van der Waals surface area contributed by atoms with E-state index in [-0.39, 0.29) is 18.6 Å². The summed E-state index contributed by atoms with van der Waals surface area (Å²) in [5.74, 6) is -0.523. The average Bonchev–Trinajstić information content (AvgIpc) is 2.61. The van der Waals surface area contributed by atoms with Crippen molar-refractivity contribution >= 4 is 40.1 Å². The van der Waals surface area contributed by atoms with Gasteiger partial charge in [-0.2, -0.15) is 0 Å². The molecular weight excluding hydrogens is 391 g/mol. The predicted octanol–water partition coefficient (Wildman–Crippen LogP) is 4.92. The minimum atomic E-state index is -1.08. The molecule has 1 N–H and O–H groups in total. The van der Waals surface area contributed by atoms with Crippen LogP contribution in [0.15, 0.2) is 39.5 Å². The van der Waals surface area contributed by atoms with Gasteiger partial charge in [-0.15, -0.1) is 0 Å². The third-order valence-corrected chi connectivity index (χ3v) is 5.10. The highest BCUT2D eigenvalue weighted by molar-refractivity contribution is 6.42. The van der Waals surface area contributed by atoms with Gasteiger partial charge >= 0.3 is 11.6 Å². The normalized spacial score (nSPS) is 11.0. The van der Waals surface area contributed by atoms with Gasteiger partial charge in [-0.1, -0.05) is 29.3 Å². The molecule has 3 rings (SSSR count). The fourth-order valence-electron chi connectivity index (χ4n) is 2.87. The van der Waals surface area contributed by atoms with E-state index in [0.29, 0.717) is 37.9 Å². The van der Waals surface area contributed by atoms with Crippen LogP contribution in [0, 0.1) is 13.8 Å². The maximum Gasteiger partial charge on any atom is 0.340 e. The van der Waals surface area contributed by atoms with Crippen LogP contribution in [-0.2, 0) is 17.8 Å². The van der Waals surface area contributed by atoms with E-state index in [1.165, 1.54) is 0 Å². The van der Waals surface area contributed by atoms with Crippen LogP contribution >= 0.6 is 23.2 Å². The van der Waals surface area contributed by atoms with Gasteiger partial charge in [-0.3, -0.25) is 4.79 Å². The van der Waals surface area contributed by atoms with Crippen LogP contribution in [0.1, 0.15) is 22.3 Å². The molecule has 27 heavy (non-hydrogen) atoms. The molecule has 0 saturated heterocycles. The maximum atomic E-state index is 12.2. The van der Waals surface area contributed by atoms with E-state index < -0.39 is 11.6 Å². The summed E-state index contributed by atoms with van der Waals surface area (Å²) < 4.78 is 11.2. The van der Waals surface area contributed by atoms with E-state index in [1.54, 1.807) is 38.1 Å². The second-order valence-electron chi connectivity index (χ2n) is 6.17. The molecule has 1 aromatic heterocycles. The zero-order valence-corrected chi connectivity index (χ0v) is 16.1. The number of aliphatic carboxylic acids is 1. The lowest BCUT2D eigenvalue weighted by molar-refractivity contribution is -0.136. The van der Waals surface area contributed by atoms with Gasteiger partial charge in [0.15, 0.2) is 0 Å². The second-order valence-corrected chi connectivity index (χ2v) is 6.98. The van der Waals surface area contributed by atoms with Crippen LogP contribution in [0.5, 0.6) is 5.75 Å². The standard InChI is InChI=1S/C20H16Cl2O5/c1-10-13-4-6-17(26-9-12-3-5-15(21)16(22)7-12)11(2)19(13)27-20(25)14(10)8-18(23)24/h3-7H,8-9H2,1-2H3,(H,23,24). The number of carbonyl (C=O) groups is 1. The Hall–Kier alpha value is -2.50. The first-order chi connectivity index (χ1) is 12.8. The quantitative estimate of drug-likeness (QED) is 0.608. The van der Waals surface area contributed by atoms with Crippen molar-refractivity contribution in [3.8, 4) is 5.75 Å². The van der Waals surface area contributed by atoms with Crippen LogP contribution in [0.3, 0.4) is 0 Å². The fourth-order valence-corrected chi connectivity index (χ4v) is 3.19. The summed E-state index contributed by atoms with van der Waals surface area (Å²) in [6, 6.07) is 8.76. The molecule has 0 atom stereocenters. The number of aryl methyl sites for hydroxylation is 2. The Morgan fingerprint density at radius 3 is 2.52 bits per heavy atom. The number of rotatable bonds is 5. The van der Waals surface area contributed by atoms with E-state index in [9.17, 15) is 9.59 Å². The summed E-state index contributed by atoms with van der Waals surface area (Å²) in [5, 5.41) is 10.6. The molecular formula is C20H16Cl2O5. The zero-order valence-electron chi connectivity index (χ0n) is 14.6. The van der Waals surface area contributed by atoms with Crippen molar-refractivity contribution in [1.29, 1.82) is 0 Å². The summed E-state index contributed by atoms with van der Waals surface area (Å²) in [4.78, 5) is 23.2. The summed E-state index contributed by atoms with van der Waals surface area (Å²) in [6.45, 7) is 3.77. The second kappa shape index (κ2) is 7.62. The van der Waals surface area contributed by atoms with Crippen LogP contribution in [0.2, 0.25) is 10.0 Å². The van der Waals surface area contributed by atoms with Crippen molar-refractivity contribution in [3.05, 3.63) is 73.1 Å². The fraction of sp³-hybridized carbons (Fsp3) is 0.200. The Morgan fingerprint density at radius 2 is 1.85 bits per heavy atom. The van der Waals surface area contributed by atoms with E-state index in [1.807, 2.05) is 6.07 Å². The lowest BCUT2D eigenvalue weighted by Gasteiger charge is -2.13. The molecule has 0 fully saturated rings. The molecule has 0 spiro atoms. The number of hydrogen-bond acceptors (Lipinski definition) is 4. The van der Waals surface area contributed by atoms with Gasteiger partial charge in [0.25, 0.3) is 0 Å². The topological polar surface area (TPSA) is 76.7 Å². The summed E-state index contributed by atoms with van der Waals surface area (Å²) in [7, 11) is 0. The van der Waals surface area contributed by atoms with Crippen molar-refractivity contribution in [1.82, 2.24) is 0 Å². The number of hydrogen-bond donors (Lipinski definition) is 1. The van der Waals surface area contributed by atoms with E-state index in [2.05, 4.69) is 0 Å². The van der Waals surface area contributed by atoms with Crippen molar-refractivity contribution in [2.24, 2.45) is 0 Å². The molecule has 2 aromatic carbocycles. The van der Waals surface area contributed by atoms with E-state index in [0.717, 1.165) is 5.56 Å². The molecule has 5 nitrogen and oxygen atoms in total. The molecule has 0 radical (unpaired) electrons. The minimum Gasteiger partial charge on any atom is -0.488 e. The molecule has 0 unspecified atom stereocenters. The van der Waals surface area contributed by atoms with Gasteiger partial charge in [0, 0.05) is 10.9 Å². The third kappa shape index (κ3) is 3.94. The number of carboxylic acids is 1. The van der Waals surface area contributed by atoms with Crippen LogP contribution in [0.4, 0.5) is 0 Å². The maximum absolute atomic E-state index is 12.2. The first-order valence-corrected chi connectivity index (χ1v) is 8.88. The van der Waals surface area contributed by atoms with Crippen LogP contribution in [0.25, 0.3) is 11.0 Å². The minimum absolute atomic E-state index is 0.152. The Labute approximate surface area is 165 Å². The van der Waals surface area contributed by atoms with Gasteiger partial charge in [0.1, 0.15) is 17.9 Å². The molecule has 0 bridgehead atoms. The van der Waals surface area contributed by atoms with E-state index in [4.69, 9.17) is 37.5 Å². The van der Waals surface area contributed by atoms with Crippen LogP contribution in [-0.4, -0.2) is 11.1 Å². The molecule has 0 aliphatic carbocycles. The Morgan fingerprint density at radius 1 is 1.11 bits per heavy atom. The lowest BCUT2D eigenvalue weighted by Crippen LogP contribution is -2.15. The zero-order chi connectivity index (χ0) is 19.7. The molecule has 7 heteroatoms. The largest absolute Gasteiger partial charge is 0.488 e. The Balaban J connectivity index is 1.96. The molecule has 0 amide bonds. The van der Waals surface area contributed by atoms with Gasteiger partial charge in [-0.05, 0) is 49.2 Å². The summed E-state index contributed by atoms with van der Waals surface area (Å²) >= 11 is 11.9. The Bertz CT molecular complexity index is 1100. The third-order valence-electron chi connectivity index (χ3n) is 4.36. The predicted molar refractivity (Wildman–Crippen MR) is 104 cm³/mol. The van der Waals surface area contributed by atoms with Crippen molar-refractivity contribution in [3.63, 3.8) is 0 Å². The van der Waals surface area contributed by atoms with E-state index >= 15 is 0 Å². The smallest absolute Gasteiger partial charge is 0.340 e. The van der Waals surface area contributed by atoms with Gasteiger partial charge in [0.2, 0.25) is 0 Å².